The number of hydrogen-bond donors (Lipinski definition) is 1. The quantitative estimate of drug-likeness (QED) is 0.820. The van der Waals surface area contributed by atoms with Crippen LogP contribution >= 0.6 is 0 Å². The van der Waals surface area contributed by atoms with Gasteiger partial charge in [0.2, 0.25) is 10.0 Å². The Morgan fingerprint density at radius 1 is 1.19 bits per heavy atom. The molecule has 26 heavy (non-hydrogen) atoms. The minimum Gasteiger partial charge on any atom is -0.322 e. The van der Waals surface area contributed by atoms with Crippen molar-refractivity contribution in [2.24, 2.45) is 0 Å². The van der Waals surface area contributed by atoms with Crippen LogP contribution in [-0.4, -0.2) is 27.1 Å². The van der Waals surface area contributed by atoms with Crippen molar-refractivity contribution in [3.8, 4) is 0 Å². The van der Waals surface area contributed by atoms with Gasteiger partial charge in [0.05, 0.1) is 11.9 Å². The van der Waals surface area contributed by atoms with Crippen molar-refractivity contribution in [1.82, 2.24) is 0 Å². The van der Waals surface area contributed by atoms with Crippen LogP contribution in [0.25, 0.3) is 6.08 Å². The fraction of sp³-hybridized carbons (Fsp3) is 0.250. The summed E-state index contributed by atoms with van der Waals surface area (Å²) >= 11 is 0. The number of benzene rings is 2. The lowest BCUT2D eigenvalue weighted by Gasteiger charge is -2.17. The van der Waals surface area contributed by atoms with E-state index < -0.39 is 10.0 Å². The molecule has 0 spiro atoms. The lowest BCUT2D eigenvalue weighted by Crippen LogP contribution is -2.27. The molecule has 1 amide bonds. The number of sulfonamides is 1. The van der Waals surface area contributed by atoms with Crippen molar-refractivity contribution < 1.29 is 13.2 Å². The van der Waals surface area contributed by atoms with Crippen molar-refractivity contribution in [3.05, 3.63) is 65.2 Å². The first-order valence-electron chi connectivity index (χ1n) is 8.56. The molecule has 3 rings (SSSR count). The number of carbonyl (C=O) groups is 1. The highest BCUT2D eigenvalue weighted by Gasteiger charge is 2.26. The Balaban J connectivity index is 1.83. The molecule has 2 aromatic carbocycles. The third-order valence-electron chi connectivity index (χ3n) is 4.41. The van der Waals surface area contributed by atoms with Gasteiger partial charge in [0.1, 0.15) is 0 Å². The Morgan fingerprint density at radius 2 is 1.92 bits per heavy atom. The van der Waals surface area contributed by atoms with Gasteiger partial charge in [-0.3, -0.25) is 9.10 Å². The Morgan fingerprint density at radius 3 is 2.58 bits per heavy atom. The lowest BCUT2D eigenvalue weighted by atomic mass is 10.1. The van der Waals surface area contributed by atoms with Crippen molar-refractivity contribution in [2.45, 2.75) is 19.8 Å². The molecule has 2 aromatic rings. The average molecular weight is 370 g/mol. The minimum absolute atomic E-state index is 0.180. The van der Waals surface area contributed by atoms with Gasteiger partial charge in [0.15, 0.2) is 0 Å². The molecule has 6 heteroatoms. The molecule has 0 radical (unpaired) electrons. The van der Waals surface area contributed by atoms with Crippen LogP contribution in [0.2, 0.25) is 0 Å². The first-order chi connectivity index (χ1) is 12.4. The van der Waals surface area contributed by atoms with Crippen LogP contribution < -0.4 is 9.62 Å². The number of nitrogens with one attached hydrogen (secondary N) is 1. The normalized spacial score (nSPS) is 14.2. The summed E-state index contributed by atoms with van der Waals surface area (Å²) in [5.74, 6) is -0.180. The molecule has 0 fully saturated rings. The van der Waals surface area contributed by atoms with E-state index in [1.807, 2.05) is 55.5 Å². The highest BCUT2D eigenvalue weighted by atomic mass is 32.2. The summed E-state index contributed by atoms with van der Waals surface area (Å²) in [5, 5.41) is 2.89. The van der Waals surface area contributed by atoms with Crippen molar-refractivity contribution >= 4 is 33.4 Å². The van der Waals surface area contributed by atoms with Gasteiger partial charge in [-0.1, -0.05) is 43.3 Å². The molecule has 1 aliphatic rings. The summed E-state index contributed by atoms with van der Waals surface area (Å²) in [5.41, 5.74) is 3.85. The number of fused-ring (bicyclic) bond motifs is 1. The second kappa shape index (κ2) is 7.33. The van der Waals surface area contributed by atoms with Gasteiger partial charge in [-0.25, -0.2) is 8.42 Å². The van der Waals surface area contributed by atoms with E-state index in [1.54, 1.807) is 6.07 Å². The van der Waals surface area contributed by atoms with E-state index in [0.29, 0.717) is 36.3 Å². The summed E-state index contributed by atoms with van der Waals surface area (Å²) in [6.45, 7) is 2.38. The standard InChI is InChI=1S/C20H22N2O3S/c1-3-16(13-15-7-5-4-6-8-15)20(23)21-18-10-9-17-11-12-22(19(17)14-18)26(2,24)25/h4-10,13-14H,3,11-12H2,1-2H3,(H,21,23)/b16-13+. The summed E-state index contributed by atoms with van der Waals surface area (Å²) in [6.07, 6.45) is 4.35. The molecule has 0 aromatic heterocycles. The van der Waals surface area contributed by atoms with Gasteiger partial charge in [-0.2, -0.15) is 0 Å². The largest absolute Gasteiger partial charge is 0.322 e. The summed E-state index contributed by atoms with van der Waals surface area (Å²) in [4.78, 5) is 12.6. The third-order valence-corrected chi connectivity index (χ3v) is 5.59. The molecule has 0 bridgehead atoms. The van der Waals surface area contributed by atoms with Crippen molar-refractivity contribution in [3.63, 3.8) is 0 Å². The lowest BCUT2D eigenvalue weighted by molar-refractivity contribution is -0.112. The SMILES string of the molecule is CC/C(=C\c1ccccc1)C(=O)Nc1ccc2c(c1)N(S(C)(=O)=O)CC2. The van der Waals surface area contributed by atoms with Gasteiger partial charge >= 0.3 is 0 Å². The maximum absolute atomic E-state index is 12.6. The van der Waals surface area contributed by atoms with E-state index in [2.05, 4.69) is 5.32 Å². The van der Waals surface area contributed by atoms with Gasteiger partial charge in [-0.15, -0.1) is 0 Å². The molecule has 0 aliphatic carbocycles. The van der Waals surface area contributed by atoms with E-state index in [4.69, 9.17) is 0 Å². The molecule has 136 valence electrons. The molecule has 0 unspecified atom stereocenters. The predicted molar refractivity (Wildman–Crippen MR) is 106 cm³/mol. The fourth-order valence-corrected chi connectivity index (χ4v) is 4.01. The zero-order valence-corrected chi connectivity index (χ0v) is 15.7. The summed E-state index contributed by atoms with van der Waals surface area (Å²) in [7, 11) is -3.31. The third kappa shape index (κ3) is 3.96. The molecule has 1 heterocycles. The van der Waals surface area contributed by atoms with Crippen LogP contribution in [-0.2, 0) is 21.2 Å². The van der Waals surface area contributed by atoms with Gasteiger partial charge < -0.3 is 5.32 Å². The van der Waals surface area contributed by atoms with E-state index >= 15 is 0 Å². The van der Waals surface area contributed by atoms with Gasteiger partial charge in [0.25, 0.3) is 5.91 Å². The summed E-state index contributed by atoms with van der Waals surface area (Å²) in [6, 6.07) is 15.1. The second-order valence-corrected chi connectivity index (χ2v) is 8.22. The van der Waals surface area contributed by atoms with Crippen LogP contribution in [0, 0.1) is 0 Å². The molecule has 0 saturated carbocycles. The monoisotopic (exact) mass is 370 g/mol. The predicted octanol–water partition coefficient (Wildman–Crippen LogP) is 3.44. The second-order valence-electron chi connectivity index (χ2n) is 6.32. The van der Waals surface area contributed by atoms with E-state index in [0.717, 1.165) is 11.1 Å². The highest BCUT2D eigenvalue weighted by molar-refractivity contribution is 7.92. The number of carbonyl (C=O) groups excluding carboxylic acids is 1. The number of rotatable bonds is 5. The number of nitrogens with zero attached hydrogens (tertiary/aromatic N) is 1. The van der Waals surface area contributed by atoms with Crippen LogP contribution in [0.5, 0.6) is 0 Å². The number of anilines is 2. The average Bonchev–Trinajstić information content (AvgIpc) is 3.04. The van der Waals surface area contributed by atoms with E-state index in [-0.39, 0.29) is 5.91 Å². The van der Waals surface area contributed by atoms with Crippen LogP contribution in [0.15, 0.2) is 54.1 Å². The topological polar surface area (TPSA) is 66.5 Å². The minimum atomic E-state index is -3.31. The Kier molecular flexibility index (Phi) is 5.13. The van der Waals surface area contributed by atoms with Crippen LogP contribution in [0.4, 0.5) is 11.4 Å². The molecule has 0 atom stereocenters. The molecule has 1 aliphatic heterocycles. The van der Waals surface area contributed by atoms with Crippen molar-refractivity contribution in [1.29, 1.82) is 0 Å². The maximum Gasteiger partial charge on any atom is 0.251 e. The van der Waals surface area contributed by atoms with Gasteiger partial charge in [0, 0.05) is 17.8 Å². The molecule has 5 nitrogen and oxygen atoms in total. The highest BCUT2D eigenvalue weighted by Crippen LogP contribution is 2.32. The Bertz CT molecular complexity index is 950. The van der Waals surface area contributed by atoms with Crippen LogP contribution in [0.1, 0.15) is 24.5 Å². The molecule has 1 N–H and O–H groups in total. The number of amides is 1. The maximum atomic E-state index is 12.6. The molecular formula is C20H22N2O3S. The Hall–Kier alpha value is -2.60. The van der Waals surface area contributed by atoms with E-state index in [9.17, 15) is 13.2 Å². The van der Waals surface area contributed by atoms with Crippen molar-refractivity contribution in [2.75, 3.05) is 22.4 Å². The number of hydrogen-bond acceptors (Lipinski definition) is 3. The fourth-order valence-electron chi connectivity index (χ4n) is 3.06. The Labute approximate surface area is 154 Å². The zero-order valence-electron chi connectivity index (χ0n) is 14.9. The first kappa shape index (κ1) is 18.2. The first-order valence-corrected chi connectivity index (χ1v) is 10.4. The van der Waals surface area contributed by atoms with Crippen LogP contribution in [0.3, 0.4) is 0 Å². The zero-order chi connectivity index (χ0) is 18.7. The smallest absolute Gasteiger partial charge is 0.251 e. The summed E-state index contributed by atoms with van der Waals surface area (Å²) < 4.78 is 25.2. The van der Waals surface area contributed by atoms with E-state index in [1.165, 1.54) is 10.6 Å². The van der Waals surface area contributed by atoms with Gasteiger partial charge in [-0.05, 0) is 42.2 Å². The molecular weight excluding hydrogens is 348 g/mol. The molecule has 0 saturated heterocycles.